The molecular formula is C13H18F3NOS. The van der Waals surface area contributed by atoms with Gasteiger partial charge in [-0.2, -0.15) is 13.2 Å². The number of alkyl halides is 3. The number of amides is 1. The Morgan fingerprint density at radius 2 is 1.84 bits per heavy atom. The second kappa shape index (κ2) is 5.15. The maximum absolute atomic E-state index is 12.7. The van der Waals surface area contributed by atoms with Gasteiger partial charge in [-0.15, -0.1) is 11.3 Å². The number of aryl methyl sites for hydroxylation is 1. The number of hydrogen-bond acceptors (Lipinski definition) is 2. The molecule has 0 aliphatic heterocycles. The van der Waals surface area contributed by atoms with Crippen molar-refractivity contribution in [3.63, 3.8) is 0 Å². The molecule has 0 atom stereocenters. The molecule has 6 heteroatoms. The zero-order valence-corrected chi connectivity index (χ0v) is 12.4. The summed E-state index contributed by atoms with van der Waals surface area (Å²) in [5.41, 5.74) is -1.24. The van der Waals surface area contributed by atoms with Crippen LogP contribution in [-0.2, 0) is 0 Å². The molecule has 1 N–H and O–H groups in total. The first-order chi connectivity index (χ1) is 8.45. The Balaban J connectivity index is 2.94. The van der Waals surface area contributed by atoms with Crippen molar-refractivity contribution < 1.29 is 18.0 Å². The number of carbonyl (C=O) groups excluding carboxylic acids is 1. The van der Waals surface area contributed by atoms with E-state index in [2.05, 4.69) is 0 Å². The standard InChI is InChI=1S/C13H18F3NOS/c1-7(2)9-6-10(19-8(9)3)11(18)17-12(4,5)13(14,15)16/h6-7H,1-5H3,(H,17,18). The normalized spacial score (nSPS) is 12.9. The van der Waals surface area contributed by atoms with Gasteiger partial charge in [-0.1, -0.05) is 13.8 Å². The third-order valence-electron chi connectivity index (χ3n) is 2.94. The van der Waals surface area contributed by atoms with E-state index in [1.165, 1.54) is 11.3 Å². The van der Waals surface area contributed by atoms with E-state index in [9.17, 15) is 18.0 Å². The second-order valence-electron chi connectivity index (χ2n) is 5.35. The van der Waals surface area contributed by atoms with Crippen molar-refractivity contribution in [2.24, 2.45) is 0 Å². The van der Waals surface area contributed by atoms with Gasteiger partial charge in [0.25, 0.3) is 5.91 Å². The molecule has 0 unspecified atom stereocenters. The smallest absolute Gasteiger partial charge is 0.338 e. The lowest BCUT2D eigenvalue weighted by Gasteiger charge is -2.28. The van der Waals surface area contributed by atoms with Crippen molar-refractivity contribution in [2.45, 2.75) is 52.3 Å². The largest absolute Gasteiger partial charge is 0.410 e. The van der Waals surface area contributed by atoms with E-state index in [0.717, 1.165) is 24.3 Å². The summed E-state index contributed by atoms with van der Waals surface area (Å²) in [5, 5.41) is 2.04. The molecule has 0 aliphatic carbocycles. The first-order valence-electron chi connectivity index (χ1n) is 5.95. The molecule has 1 aromatic rings. The zero-order chi connectivity index (χ0) is 15.0. The van der Waals surface area contributed by atoms with Gasteiger partial charge in [-0.05, 0) is 38.3 Å². The maximum atomic E-state index is 12.7. The first kappa shape index (κ1) is 16.0. The minimum atomic E-state index is -4.48. The molecule has 1 amide bonds. The van der Waals surface area contributed by atoms with Gasteiger partial charge < -0.3 is 5.32 Å². The Kier molecular flexibility index (Phi) is 4.34. The minimum absolute atomic E-state index is 0.244. The third kappa shape index (κ3) is 3.49. The fourth-order valence-corrected chi connectivity index (χ4v) is 2.67. The Hall–Kier alpha value is -1.04. The fraction of sp³-hybridized carbons (Fsp3) is 0.615. The van der Waals surface area contributed by atoms with Crippen molar-refractivity contribution in [2.75, 3.05) is 0 Å². The molecule has 0 saturated heterocycles. The lowest BCUT2D eigenvalue weighted by atomic mass is 10.0. The number of hydrogen-bond donors (Lipinski definition) is 1. The van der Waals surface area contributed by atoms with Crippen molar-refractivity contribution in [3.05, 3.63) is 21.4 Å². The van der Waals surface area contributed by atoms with Crippen LogP contribution < -0.4 is 5.32 Å². The Bertz CT molecular complexity index is 475. The van der Waals surface area contributed by atoms with Gasteiger partial charge in [0, 0.05) is 4.88 Å². The molecule has 2 nitrogen and oxygen atoms in total. The molecule has 1 rings (SSSR count). The Labute approximate surface area is 115 Å². The van der Waals surface area contributed by atoms with Crippen molar-refractivity contribution >= 4 is 17.2 Å². The van der Waals surface area contributed by atoms with Crippen LogP contribution in [0.1, 0.15) is 53.7 Å². The topological polar surface area (TPSA) is 29.1 Å². The van der Waals surface area contributed by atoms with Gasteiger partial charge >= 0.3 is 6.18 Å². The zero-order valence-electron chi connectivity index (χ0n) is 11.6. The van der Waals surface area contributed by atoms with Crippen molar-refractivity contribution in [3.8, 4) is 0 Å². The number of carbonyl (C=O) groups is 1. The van der Waals surface area contributed by atoms with Crippen LogP contribution in [0.3, 0.4) is 0 Å². The van der Waals surface area contributed by atoms with Crippen LogP contribution >= 0.6 is 11.3 Å². The highest BCUT2D eigenvalue weighted by Crippen LogP contribution is 2.31. The van der Waals surface area contributed by atoms with Crippen LogP contribution in [0.5, 0.6) is 0 Å². The molecule has 1 heterocycles. The Morgan fingerprint density at radius 1 is 1.32 bits per heavy atom. The van der Waals surface area contributed by atoms with E-state index >= 15 is 0 Å². The van der Waals surface area contributed by atoms with E-state index in [1.54, 1.807) is 6.07 Å². The quantitative estimate of drug-likeness (QED) is 0.887. The van der Waals surface area contributed by atoms with Crippen LogP contribution in [0.25, 0.3) is 0 Å². The van der Waals surface area contributed by atoms with Crippen molar-refractivity contribution in [1.82, 2.24) is 5.32 Å². The molecule has 0 aliphatic rings. The molecule has 1 aromatic heterocycles. The van der Waals surface area contributed by atoms with Gasteiger partial charge in [0.15, 0.2) is 0 Å². The van der Waals surface area contributed by atoms with Crippen LogP contribution in [-0.4, -0.2) is 17.6 Å². The number of nitrogens with one attached hydrogen (secondary N) is 1. The molecule has 19 heavy (non-hydrogen) atoms. The van der Waals surface area contributed by atoms with Crippen LogP contribution in [0.15, 0.2) is 6.07 Å². The van der Waals surface area contributed by atoms with Gasteiger partial charge in [-0.3, -0.25) is 4.79 Å². The van der Waals surface area contributed by atoms with E-state index in [0.29, 0.717) is 4.88 Å². The summed E-state index contributed by atoms with van der Waals surface area (Å²) in [6.45, 7) is 7.74. The maximum Gasteiger partial charge on any atom is 0.410 e. The van der Waals surface area contributed by atoms with Gasteiger partial charge in [0.2, 0.25) is 0 Å². The highest BCUT2D eigenvalue weighted by molar-refractivity contribution is 7.14. The van der Waals surface area contributed by atoms with Crippen LogP contribution in [0.2, 0.25) is 0 Å². The molecule has 0 fully saturated rings. The molecule has 0 saturated carbocycles. The molecule has 0 bridgehead atoms. The highest BCUT2D eigenvalue weighted by atomic mass is 32.1. The van der Waals surface area contributed by atoms with Crippen LogP contribution in [0.4, 0.5) is 13.2 Å². The minimum Gasteiger partial charge on any atom is -0.338 e. The summed E-state index contributed by atoms with van der Waals surface area (Å²) >= 11 is 1.22. The highest BCUT2D eigenvalue weighted by Gasteiger charge is 2.48. The number of rotatable bonds is 3. The van der Waals surface area contributed by atoms with E-state index < -0.39 is 17.6 Å². The fourth-order valence-electron chi connectivity index (χ4n) is 1.60. The number of thiophene rings is 1. The summed E-state index contributed by atoms with van der Waals surface area (Å²) in [5.74, 6) is -0.434. The van der Waals surface area contributed by atoms with E-state index in [-0.39, 0.29) is 5.92 Å². The lowest BCUT2D eigenvalue weighted by molar-refractivity contribution is -0.182. The summed E-state index contributed by atoms with van der Waals surface area (Å²) in [6, 6.07) is 1.67. The number of halogens is 3. The first-order valence-corrected chi connectivity index (χ1v) is 6.77. The van der Waals surface area contributed by atoms with Crippen molar-refractivity contribution in [1.29, 1.82) is 0 Å². The van der Waals surface area contributed by atoms with Gasteiger partial charge in [-0.25, -0.2) is 0 Å². The predicted molar refractivity (Wildman–Crippen MR) is 70.7 cm³/mol. The monoisotopic (exact) mass is 293 g/mol. The summed E-state index contributed by atoms with van der Waals surface area (Å²) in [4.78, 5) is 13.2. The molecular weight excluding hydrogens is 275 g/mol. The average molecular weight is 293 g/mol. The molecule has 0 radical (unpaired) electrons. The lowest BCUT2D eigenvalue weighted by Crippen LogP contribution is -2.54. The second-order valence-corrected chi connectivity index (χ2v) is 6.61. The van der Waals surface area contributed by atoms with Gasteiger partial charge in [0.1, 0.15) is 5.54 Å². The average Bonchev–Trinajstić information content (AvgIpc) is 2.57. The Morgan fingerprint density at radius 3 is 2.21 bits per heavy atom. The third-order valence-corrected chi connectivity index (χ3v) is 4.00. The summed E-state index contributed by atoms with van der Waals surface area (Å²) in [7, 11) is 0. The summed E-state index contributed by atoms with van der Waals surface area (Å²) < 4.78 is 38.1. The molecule has 0 aromatic carbocycles. The van der Waals surface area contributed by atoms with Gasteiger partial charge in [0.05, 0.1) is 4.88 Å². The van der Waals surface area contributed by atoms with Crippen LogP contribution in [0, 0.1) is 6.92 Å². The summed E-state index contributed by atoms with van der Waals surface area (Å²) in [6.07, 6.45) is -4.48. The molecule has 108 valence electrons. The predicted octanol–water partition coefficient (Wildman–Crippen LogP) is 4.25. The SMILES string of the molecule is Cc1sc(C(=O)NC(C)(C)C(F)(F)F)cc1C(C)C. The van der Waals surface area contributed by atoms with E-state index in [1.807, 2.05) is 26.1 Å². The van der Waals surface area contributed by atoms with E-state index in [4.69, 9.17) is 0 Å². The molecule has 0 spiro atoms.